The standard InChI is InChI=1S/C19H36N2/c1-14(2)21-12-16-9-7-10-17(13-21)19(16)20-18-11-6-4-5-8-15(18)3/h14-20H,4-13H2,1-3H3. The van der Waals surface area contributed by atoms with Crippen LogP contribution in [0, 0.1) is 17.8 Å². The lowest BCUT2D eigenvalue weighted by atomic mass is 9.72. The van der Waals surface area contributed by atoms with E-state index in [2.05, 4.69) is 31.0 Å². The van der Waals surface area contributed by atoms with Gasteiger partial charge in [0.2, 0.25) is 0 Å². The molecule has 3 aliphatic rings. The Morgan fingerprint density at radius 2 is 1.52 bits per heavy atom. The molecule has 1 heterocycles. The number of hydrogen-bond acceptors (Lipinski definition) is 2. The summed E-state index contributed by atoms with van der Waals surface area (Å²) in [5.41, 5.74) is 0. The quantitative estimate of drug-likeness (QED) is 0.789. The van der Waals surface area contributed by atoms with Crippen LogP contribution in [0.25, 0.3) is 0 Å². The Labute approximate surface area is 132 Å². The second kappa shape index (κ2) is 7.00. The maximum Gasteiger partial charge on any atom is 0.0151 e. The van der Waals surface area contributed by atoms with E-state index in [1.165, 1.54) is 64.5 Å². The number of nitrogens with one attached hydrogen (secondary N) is 1. The van der Waals surface area contributed by atoms with E-state index in [0.29, 0.717) is 0 Å². The molecule has 3 fully saturated rings. The van der Waals surface area contributed by atoms with E-state index in [1.54, 1.807) is 0 Å². The first kappa shape index (κ1) is 15.8. The summed E-state index contributed by atoms with van der Waals surface area (Å²) in [4.78, 5) is 2.74. The zero-order valence-corrected chi connectivity index (χ0v) is 14.5. The second-order valence-electron chi connectivity index (χ2n) is 8.41. The molecule has 2 heteroatoms. The molecule has 2 nitrogen and oxygen atoms in total. The lowest BCUT2D eigenvalue weighted by molar-refractivity contribution is 0.0215. The smallest absolute Gasteiger partial charge is 0.0151 e. The summed E-state index contributed by atoms with van der Waals surface area (Å²) in [5, 5.41) is 4.18. The van der Waals surface area contributed by atoms with Crippen molar-refractivity contribution in [2.75, 3.05) is 13.1 Å². The summed E-state index contributed by atoms with van der Waals surface area (Å²) in [6.07, 6.45) is 11.6. The predicted molar refractivity (Wildman–Crippen MR) is 90.5 cm³/mol. The van der Waals surface area contributed by atoms with E-state index < -0.39 is 0 Å². The summed E-state index contributed by atoms with van der Waals surface area (Å²) < 4.78 is 0. The van der Waals surface area contributed by atoms with Crippen LogP contribution in [0.15, 0.2) is 0 Å². The zero-order valence-electron chi connectivity index (χ0n) is 14.5. The molecule has 4 unspecified atom stereocenters. The molecule has 0 aromatic heterocycles. The van der Waals surface area contributed by atoms with Crippen LogP contribution in [0.4, 0.5) is 0 Å². The van der Waals surface area contributed by atoms with Gasteiger partial charge in [-0.05, 0) is 57.3 Å². The number of nitrogens with zero attached hydrogens (tertiary/aromatic N) is 1. The third-order valence-corrected chi connectivity index (χ3v) is 6.60. The fourth-order valence-electron chi connectivity index (χ4n) is 5.15. The van der Waals surface area contributed by atoms with Crippen LogP contribution in [0.2, 0.25) is 0 Å². The highest BCUT2D eigenvalue weighted by Crippen LogP contribution is 2.37. The van der Waals surface area contributed by atoms with E-state index in [4.69, 9.17) is 0 Å². The van der Waals surface area contributed by atoms with Gasteiger partial charge in [0, 0.05) is 31.2 Å². The highest BCUT2D eigenvalue weighted by Gasteiger charge is 2.41. The summed E-state index contributed by atoms with van der Waals surface area (Å²) in [7, 11) is 0. The Bertz CT molecular complexity index is 314. The van der Waals surface area contributed by atoms with Gasteiger partial charge in [-0.25, -0.2) is 0 Å². The summed E-state index contributed by atoms with van der Waals surface area (Å²) in [5.74, 6) is 2.71. The average molecular weight is 293 g/mol. The van der Waals surface area contributed by atoms with Gasteiger partial charge in [-0.2, -0.15) is 0 Å². The molecule has 0 aromatic rings. The summed E-state index contributed by atoms with van der Waals surface area (Å²) in [6, 6.07) is 2.34. The van der Waals surface area contributed by atoms with Gasteiger partial charge in [-0.15, -0.1) is 0 Å². The van der Waals surface area contributed by atoms with Gasteiger partial charge in [-0.3, -0.25) is 0 Å². The van der Waals surface area contributed by atoms with Gasteiger partial charge in [0.05, 0.1) is 0 Å². The van der Waals surface area contributed by atoms with Crippen LogP contribution in [-0.4, -0.2) is 36.1 Å². The van der Waals surface area contributed by atoms with Gasteiger partial charge in [0.1, 0.15) is 0 Å². The first-order chi connectivity index (χ1) is 10.1. The van der Waals surface area contributed by atoms with Gasteiger partial charge in [0.25, 0.3) is 0 Å². The van der Waals surface area contributed by atoms with Crippen molar-refractivity contribution in [3.63, 3.8) is 0 Å². The molecule has 21 heavy (non-hydrogen) atoms. The molecule has 0 amide bonds. The molecule has 1 aliphatic heterocycles. The van der Waals surface area contributed by atoms with Crippen molar-refractivity contribution in [1.29, 1.82) is 0 Å². The molecule has 1 N–H and O–H groups in total. The molecule has 0 radical (unpaired) electrons. The Kier molecular flexibility index (Phi) is 5.27. The maximum atomic E-state index is 4.18. The van der Waals surface area contributed by atoms with E-state index in [-0.39, 0.29) is 0 Å². The Hall–Kier alpha value is -0.0800. The lowest BCUT2D eigenvalue weighted by Gasteiger charge is -2.50. The third-order valence-electron chi connectivity index (χ3n) is 6.60. The molecule has 2 bridgehead atoms. The Balaban J connectivity index is 1.64. The van der Waals surface area contributed by atoms with Gasteiger partial charge in [0.15, 0.2) is 0 Å². The molecule has 0 aromatic carbocycles. The minimum atomic E-state index is 0.728. The molecule has 122 valence electrons. The van der Waals surface area contributed by atoms with Crippen molar-refractivity contribution in [2.45, 2.75) is 90.3 Å². The number of fused-ring (bicyclic) bond motifs is 2. The highest BCUT2D eigenvalue weighted by molar-refractivity contribution is 4.97. The molecule has 1 saturated heterocycles. The van der Waals surface area contributed by atoms with E-state index in [0.717, 1.165) is 35.9 Å². The van der Waals surface area contributed by atoms with Crippen molar-refractivity contribution >= 4 is 0 Å². The van der Waals surface area contributed by atoms with Crippen molar-refractivity contribution < 1.29 is 0 Å². The van der Waals surface area contributed by atoms with Crippen molar-refractivity contribution in [3.8, 4) is 0 Å². The normalized spacial score (nSPS) is 42.0. The molecule has 2 aliphatic carbocycles. The number of hydrogen-bond donors (Lipinski definition) is 1. The average Bonchev–Trinajstić information content (AvgIpc) is 2.63. The van der Waals surface area contributed by atoms with Crippen LogP contribution < -0.4 is 5.32 Å². The first-order valence-corrected chi connectivity index (χ1v) is 9.65. The number of piperidine rings is 1. The van der Waals surface area contributed by atoms with Crippen LogP contribution >= 0.6 is 0 Å². The van der Waals surface area contributed by atoms with Gasteiger partial charge in [-0.1, -0.05) is 32.6 Å². The van der Waals surface area contributed by atoms with Crippen LogP contribution in [0.3, 0.4) is 0 Å². The molecule has 0 spiro atoms. The van der Waals surface area contributed by atoms with Crippen molar-refractivity contribution in [1.82, 2.24) is 10.2 Å². The van der Waals surface area contributed by atoms with E-state index in [9.17, 15) is 0 Å². The summed E-state index contributed by atoms with van der Waals surface area (Å²) >= 11 is 0. The SMILES string of the molecule is CC1CCCCCC1NC1C2CCCC1CN(C(C)C)C2. The molecule has 4 atom stereocenters. The lowest BCUT2D eigenvalue weighted by Crippen LogP contribution is -2.60. The minimum absolute atomic E-state index is 0.728. The van der Waals surface area contributed by atoms with Gasteiger partial charge < -0.3 is 10.2 Å². The largest absolute Gasteiger partial charge is 0.310 e. The summed E-state index contributed by atoms with van der Waals surface area (Å²) in [6.45, 7) is 9.91. The van der Waals surface area contributed by atoms with Crippen LogP contribution in [0.1, 0.15) is 72.1 Å². The fourth-order valence-corrected chi connectivity index (χ4v) is 5.15. The molecular formula is C19H36N2. The fraction of sp³-hybridized carbons (Fsp3) is 1.00. The van der Waals surface area contributed by atoms with Gasteiger partial charge >= 0.3 is 0 Å². The van der Waals surface area contributed by atoms with Crippen molar-refractivity contribution in [3.05, 3.63) is 0 Å². The molecule has 2 saturated carbocycles. The maximum absolute atomic E-state index is 4.18. The molecule has 3 rings (SSSR count). The topological polar surface area (TPSA) is 15.3 Å². The Morgan fingerprint density at radius 3 is 2.19 bits per heavy atom. The monoisotopic (exact) mass is 292 g/mol. The highest BCUT2D eigenvalue weighted by atomic mass is 15.2. The third kappa shape index (κ3) is 3.64. The predicted octanol–water partition coefficient (Wildman–Crippen LogP) is 4.05. The van der Waals surface area contributed by atoms with E-state index in [1.807, 2.05) is 0 Å². The molecular weight excluding hydrogens is 256 g/mol. The van der Waals surface area contributed by atoms with Crippen LogP contribution in [-0.2, 0) is 0 Å². The second-order valence-corrected chi connectivity index (χ2v) is 8.41. The minimum Gasteiger partial charge on any atom is -0.310 e. The zero-order chi connectivity index (χ0) is 14.8. The number of likely N-dealkylation sites (tertiary alicyclic amines) is 1. The number of rotatable bonds is 3. The Morgan fingerprint density at radius 1 is 0.857 bits per heavy atom. The van der Waals surface area contributed by atoms with E-state index >= 15 is 0 Å². The van der Waals surface area contributed by atoms with Crippen LogP contribution in [0.5, 0.6) is 0 Å². The first-order valence-electron chi connectivity index (χ1n) is 9.65. The van der Waals surface area contributed by atoms with Crippen molar-refractivity contribution in [2.24, 2.45) is 17.8 Å².